The number of halogens is 1. The van der Waals surface area contributed by atoms with Crippen LogP contribution in [0.15, 0.2) is 36.4 Å². The van der Waals surface area contributed by atoms with Crippen LogP contribution in [0, 0.1) is 0 Å². The summed E-state index contributed by atoms with van der Waals surface area (Å²) in [6, 6.07) is 7.04. The Balaban J connectivity index is 2.69. The number of alkyl halides is 1. The van der Waals surface area contributed by atoms with Gasteiger partial charge in [0.2, 0.25) is 0 Å². The van der Waals surface area contributed by atoms with Crippen LogP contribution < -0.4 is 4.74 Å². The third kappa shape index (κ3) is 2.89. The fraction of sp³-hybridized carbons (Fsp3) is 0.182. The van der Waals surface area contributed by atoms with Crippen molar-refractivity contribution in [3.63, 3.8) is 0 Å². The van der Waals surface area contributed by atoms with E-state index in [2.05, 4.69) is 6.58 Å². The SMILES string of the molecule is C=C(C)C(=O)Oc1ccc(CCl)cc1. The molecule has 0 heterocycles. The first-order valence-electron chi connectivity index (χ1n) is 4.16. The molecule has 0 radical (unpaired) electrons. The molecule has 1 rings (SSSR count). The number of carbonyl (C=O) groups is 1. The highest BCUT2D eigenvalue weighted by molar-refractivity contribution is 6.17. The quantitative estimate of drug-likeness (QED) is 0.332. The van der Waals surface area contributed by atoms with Crippen LogP contribution in [-0.2, 0) is 10.7 Å². The van der Waals surface area contributed by atoms with Crippen molar-refractivity contribution in [1.29, 1.82) is 0 Å². The summed E-state index contributed by atoms with van der Waals surface area (Å²) in [4.78, 5) is 11.1. The van der Waals surface area contributed by atoms with Crippen molar-refractivity contribution in [3.05, 3.63) is 42.0 Å². The largest absolute Gasteiger partial charge is 0.423 e. The van der Waals surface area contributed by atoms with Crippen LogP contribution in [0.4, 0.5) is 0 Å². The molecule has 0 saturated heterocycles. The molecule has 1 aromatic rings. The van der Waals surface area contributed by atoms with Crippen LogP contribution in [0.2, 0.25) is 0 Å². The molecule has 0 bridgehead atoms. The lowest BCUT2D eigenvalue weighted by molar-refractivity contribution is -0.130. The Hall–Kier alpha value is -1.28. The zero-order valence-corrected chi connectivity index (χ0v) is 8.67. The van der Waals surface area contributed by atoms with E-state index >= 15 is 0 Å². The third-order valence-electron chi connectivity index (χ3n) is 1.64. The van der Waals surface area contributed by atoms with E-state index in [9.17, 15) is 4.79 Å². The van der Waals surface area contributed by atoms with Gasteiger partial charge in [0.05, 0.1) is 0 Å². The monoisotopic (exact) mass is 210 g/mol. The normalized spacial score (nSPS) is 9.57. The second kappa shape index (κ2) is 4.82. The zero-order valence-electron chi connectivity index (χ0n) is 7.92. The van der Waals surface area contributed by atoms with Crippen LogP contribution >= 0.6 is 11.6 Å². The lowest BCUT2D eigenvalue weighted by Crippen LogP contribution is -2.07. The van der Waals surface area contributed by atoms with Gasteiger partial charge < -0.3 is 4.74 Å². The molecule has 0 aromatic heterocycles. The summed E-state index contributed by atoms with van der Waals surface area (Å²) in [5, 5.41) is 0. The third-order valence-corrected chi connectivity index (χ3v) is 1.95. The van der Waals surface area contributed by atoms with Crippen molar-refractivity contribution in [3.8, 4) is 5.75 Å². The maximum Gasteiger partial charge on any atom is 0.338 e. The molecular formula is C11H11ClO2. The molecule has 0 aliphatic rings. The predicted octanol–water partition coefficient (Wildman–Crippen LogP) is 2.91. The second-order valence-corrected chi connectivity index (χ2v) is 3.21. The van der Waals surface area contributed by atoms with Gasteiger partial charge in [-0.2, -0.15) is 0 Å². The molecule has 2 nitrogen and oxygen atoms in total. The molecule has 0 saturated carbocycles. The summed E-state index contributed by atoms with van der Waals surface area (Å²) in [5.74, 6) is 0.546. The molecule has 3 heteroatoms. The highest BCUT2D eigenvalue weighted by Crippen LogP contribution is 2.14. The molecule has 1 aromatic carbocycles. The Morgan fingerprint density at radius 1 is 1.43 bits per heavy atom. The van der Waals surface area contributed by atoms with Crippen molar-refractivity contribution >= 4 is 17.6 Å². The summed E-state index contributed by atoms with van der Waals surface area (Å²) in [6.45, 7) is 5.10. The average Bonchev–Trinajstić information content (AvgIpc) is 2.19. The van der Waals surface area contributed by atoms with E-state index in [-0.39, 0.29) is 0 Å². The van der Waals surface area contributed by atoms with E-state index in [1.165, 1.54) is 0 Å². The van der Waals surface area contributed by atoms with Gasteiger partial charge >= 0.3 is 5.97 Å². The first kappa shape index (κ1) is 10.8. The number of ether oxygens (including phenoxy) is 1. The first-order valence-corrected chi connectivity index (χ1v) is 4.69. The number of hydrogen-bond acceptors (Lipinski definition) is 2. The predicted molar refractivity (Wildman–Crippen MR) is 56.4 cm³/mol. The number of carbonyl (C=O) groups excluding carboxylic acids is 1. The lowest BCUT2D eigenvalue weighted by atomic mass is 10.2. The van der Waals surface area contributed by atoms with Crippen molar-refractivity contribution in [2.24, 2.45) is 0 Å². The summed E-state index contributed by atoms with van der Waals surface area (Å²) < 4.78 is 4.99. The summed E-state index contributed by atoms with van der Waals surface area (Å²) in [7, 11) is 0. The van der Waals surface area contributed by atoms with E-state index in [0.29, 0.717) is 17.2 Å². The van der Waals surface area contributed by atoms with Crippen LogP contribution in [0.5, 0.6) is 5.75 Å². The van der Waals surface area contributed by atoms with Gasteiger partial charge in [0.15, 0.2) is 0 Å². The van der Waals surface area contributed by atoms with Gasteiger partial charge in [0.1, 0.15) is 5.75 Å². The Kier molecular flexibility index (Phi) is 3.72. The Morgan fingerprint density at radius 3 is 2.43 bits per heavy atom. The van der Waals surface area contributed by atoms with Gasteiger partial charge in [-0.15, -0.1) is 11.6 Å². The minimum atomic E-state index is -0.413. The maximum absolute atomic E-state index is 11.1. The number of benzene rings is 1. The molecule has 0 amide bonds. The molecule has 0 aliphatic carbocycles. The highest BCUT2D eigenvalue weighted by atomic mass is 35.5. The summed E-state index contributed by atoms with van der Waals surface area (Å²) >= 11 is 5.61. The molecule has 0 fully saturated rings. The number of rotatable bonds is 3. The Labute approximate surface area is 88.1 Å². The average molecular weight is 211 g/mol. The van der Waals surface area contributed by atoms with Crippen molar-refractivity contribution in [2.45, 2.75) is 12.8 Å². The molecule has 0 N–H and O–H groups in total. The van der Waals surface area contributed by atoms with Crippen molar-refractivity contribution in [1.82, 2.24) is 0 Å². The Morgan fingerprint density at radius 2 is 2.00 bits per heavy atom. The van der Waals surface area contributed by atoms with Crippen LogP contribution in [0.1, 0.15) is 12.5 Å². The number of esters is 1. The minimum Gasteiger partial charge on any atom is -0.423 e. The lowest BCUT2D eigenvalue weighted by Gasteiger charge is -2.03. The number of hydrogen-bond donors (Lipinski definition) is 0. The summed E-state index contributed by atoms with van der Waals surface area (Å²) in [5.41, 5.74) is 1.37. The standard InChI is InChI=1S/C11H11ClO2/c1-8(2)11(13)14-10-5-3-9(7-12)4-6-10/h3-6H,1,7H2,2H3. The van der Waals surface area contributed by atoms with Gasteiger partial charge in [-0.05, 0) is 24.6 Å². The van der Waals surface area contributed by atoms with E-state index in [1.54, 1.807) is 19.1 Å². The molecule has 0 aliphatic heterocycles. The summed E-state index contributed by atoms with van der Waals surface area (Å²) in [6.07, 6.45) is 0. The van der Waals surface area contributed by atoms with E-state index in [4.69, 9.17) is 16.3 Å². The second-order valence-electron chi connectivity index (χ2n) is 2.95. The molecule has 74 valence electrons. The van der Waals surface area contributed by atoms with E-state index in [0.717, 1.165) is 5.56 Å². The van der Waals surface area contributed by atoms with Gasteiger partial charge in [-0.1, -0.05) is 18.7 Å². The smallest absolute Gasteiger partial charge is 0.338 e. The fourth-order valence-corrected chi connectivity index (χ4v) is 1.02. The molecule has 14 heavy (non-hydrogen) atoms. The maximum atomic E-state index is 11.1. The van der Waals surface area contributed by atoms with Crippen molar-refractivity contribution in [2.75, 3.05) is 0 Å². The van der Waals surface area contributed by atoms with Crippen LogP contribution in [0.3, 0.4) is 0 Å². The van der Waals surface area contributed by atoms with Gasteiger partial charge in [-0.25, -0.2) is 4.79 Å². The van der Waals surface area contributed by atoms with E-state index in [1.807, 2.05) is 12.1 Å². The molecule has 0 spiro atoms. The van der Waals surface area contributed by atoms with Gasteiger partial charge in [0.25, 0.3) is 0 Å². The minimum absolute atomic E-state index is 0.381. The van der Waals surface area contributed by atoms with Gasteiger partial charge in [0, 0.05) is 11.5 Å². The van der Waals surface area contributed by atoms with Crippen LogP contribution in [-0.4, -0.2) is 5.97 Å². The fourth-order valence-electron chi connectivity index (χ4n) is 0.841. The zero-order chi connectivity index (χ0) is 10.6. The topological polar surface area (TPSA) is 26.3 Å². The molecule has 0 unspecified atom stereocenters. The van der Waals surface area contributed by atoms with E-state index < -0.39 is 5.97 Å². The first-order chi connectivity index (χ1) is 6.63. The van der Waals surface area contributed by atoms with Crippen molar-refractivity contribution < 1.29 is 9.53 Å². The molecular weight excluding hydrogens is 200 g/mol. The highest BCUT2D eigenvalue weighted by Gasteiger charge is 2.04. The van der Waals surface area contributed by atoms with Crippen LogP contribution in [0.25, 0.3) is 0 Å². The van der Waals surface area contributed by atoms with Gasteiger partial charge in [-0.3, -0.25) is 0 Å². The molecule has 0 atom stereocenters. The Bertz CT molecular complexity index is 341.